The smallest absolute Gasteiger partial charge is 0.251 e. The Labute approximate surface area is 114 Å². The predicted molar refractivity (Wildman–Crippen MR) is 73.2 cm³/mol. The molecule has 2 aromatic rings. The average molecular weight is 282 g/mol. The quantitative estimate of drug-likeness (QED) is 0.842. The second kappa shape index (κ2) is 6.04. The first-order chi connectivity index (χ1) is 8.69. The number of aromatic amines is 1. The molecule has 0 saturated heterocycles. The van der Waals surface area contributed by atoms with E-state index in [2.05, 4.69) is 9.97 Å². The third-order valence-electron chi connectivity index (χ3n) is 2.28. The lowest BCUT2D eigenvalue weighted by Crippen LogP contribution is -2.05. The summed E-state index contributed by atoms with van der Waals surface area (Å²) >= 11 is 7.50. The molecule has 0 aliphatic rings. The molecular weight excluding hydrogens is 270 g/mol. The maximum absolute atomic E-state index is 11.1. The van der Waals surface area contributed by atoms with E-state index in [1.165, 1.54) is 24.0 Å². The lowest BCUT2D eigenvalue weighted by Gasteiger charge is -2.05. The summed E-state index contributed by atoms with van der Waals surface area (Å²) in [5.74, 6) is 0. The van der Waals surface area contributed by atoms with Crippen LogP contribution in [-0.2, 0) is 6.42 Å². The van der Waals surface area contributed by atoms with Crippen LogP contribution in [0.5, 0.6) is 0 Å². The summed E-state index contributed by atoms with van der Waals surface area (Å²) in [6.45, 7) is 0.594. The molecule has 3 N–H and O–H groups in total. The van der Waals surface area contributed by atoms with Crippen LogP contribution in [0.4, 0.5) is 0 Å². The third-order valence-corrected chi connectivity index (χ3v) is 3.69. The molecule has 0 aliphatic heterocycles. The number of halogens is 1. The van der Waals surface area contributed by atoms with Gasteiger partial charge in [0.2, 0.25) is 0 Å². The minimum Gasteiger partial charge on any atom is -0.330 e. The van der Waals surface area contributed by atoms with Crippen LogP contribution >= 0.6 is 23.4 Å². The summed E-state index contributed by atoms with van der Waals surface area (Å²) < 4.78 is 0. The van der Waals surface area contributed by atoms with Crippen LogP contribution in [0.1, 0.15) is 5.56 Å². The number of H-pyrrole nitrogens is 1. The number of aromatic nitrogens is 2. The normalized spacial score (nSPS) is 10.6. The second-order valence-electron chi connectivity index (χ2n) is 3.64. The Balaban J connectivity index is 2.22. The van der Waals surface area contributed by atoms with Crippen LogP contribution in [0.15, 0.2) is 45.3 Å². The maximum Gasteiger partial charge on any atom is 0.251 e. The summed E-state index contributed by atoms with van der Waals surface area (Å²) in [4.78, 5) is 18.7. The summed E-state index contributed by atoms with van der Waals surface area (Å²) in [5.41, 5.74) is 6.41. The largest absolute Gasteiger partial charge is 0.330 e. The van der Waals surface area contributed by atoms with Crippen molar-refractivity contribution in [2.24, 2.45) is 5.73 Å². The van der Waals surface area contributed by atoms with E-state index in [9.17, 15) is 4.79 Å². The van der Waals surface area contributed by atoms with Crippen molar-refractivity contribution < 1.29 is 0 Å². The van der Waals surface area contributed by atoms with Crippen molar-refractivity contribution in [1.29, 1.82) is 0 Å². The van der Waals surface area contributed by atoms with Crippen molar-refractivity contribution in [3.05, 3.63) is 51.4 Å². The van der Waals surface area contributed by atoms with E-state index >= 15 is 0 Å². The van der Waals surface area contributed by atoms with Crippen LogP contribution in [0, 0.1) is 0 Å². The average Bonchev–Trinajstić information content (AvgIpc) is 2.33. The fourth-order valence-corrected chi connectivity index (χ4v) is 2.54. The van der Waals surface area contributed by atoms with Crippen molar-refractivity contribution in [3.63, 3.8) is 0 Å². The molecule has 0 amide bonds. The fourth-order valence-electron chi connectivity index (χ4n) is 1.46. The van der Waals surface area contributed by atoms with Crippen LogP contribution in [0.25, 0.3) is 0 Å². The molecule has 6 heteroatoms. The van der Waals surface area contributed by atoms with Crippen molar-refractivity contribution >= 4 is 23.4 Å². The zero-order valence-electron chi connectivity index (χ0n) is 9.52. The Hall–Kier alpha value is -1.30. The third kappa shape index (κ3) is 3.35. The van der Waals surface area contributed by atoms with Gasteiger partial charge < -0.3 is 10.7 Å². The van der Waals surface area contributed by atoms with Crippen molar-refractivity contribution in [1.82, 2.24) is 9.97 Å². The zero-order valence-corrected chi connectivity index (χ0v) is 11.1. The van der Waals surface area contributed by atoms with Crippen LogP contribution < -0.4 is 11.3 Å². The minimum absolute atomic E-state index is 0.177. The molecule has 4 nitrogen and oxygen atoms in total. The molecule has 2 rings (SSSR count). The number of nitrogens with zero attached hydrogens (tertiary/aromatic N) is 1. The molecule has 1 aromatic carbocycles. The van der Waals surface area contributed by atoms with Crippen LogP contribution in [0.2, 0.25) is 5.02 Å². The van der Waals surface area contributed by atoms with Gasteiger partial charge in [0.25, 0.3) is 5.56 Å². The van der Waals surface area contributed by atoms with Crippen molar-refractivity contribution in [3.8, 4) is 0 Å². The first-order valence-electron chi connectivity index (χ1n) is 5.41. The highest BCUT2D eigenvalue weighted by Crippen LogP contribution is 2.31. The highest BCUT2D eigenvalue weighted by Gasteiger charge is 2.05. The van der Waals surface area contributed by atoms with Gasteiger partial charge in [0, 0.05) is 17.2 Å². The summed E-state index contributed by atoms with van der Waals surface area (Å²) in [6.07, 6.45) is 2.27. The molecule has 0 saturated carbocycles. The molecule has 1 aromatic heterocycles. The van der Waals surface area contributed by atoms with E-state index in [1.807, 2.05) is 18.2 Å². The van der Waals surface area contributed by atoms with E-state index in [1.54, 1.807) is 0 Å². The second-order valence-corrected chi connectivity index (χ2v) is 5.08. The van der Waals surface area contributed by atoms with Crippen LogP contribution in [-0.4, -0.2) is 16.5 Å². The summed E-state index contributed by atoms with van der Waals surface area (Å²) in [7, 11) is 0. The Morgan fingerprint density at radius 3 is 2.89 bits per heavy atom. The van der Waals surface area contributed by atoms with Gasteiger partial charge in [0.15, 0.2) is 5.16 Å². The van der Waals surface area contributed by atoms with Gasteiger partial charge in [-0.1, -0.05) is 29.4 Å². The van der Waals surface area contributed by atoms with Gasteiger partial charge in [-0.3, -0.25) is 4.79 Å². The first-order valence-corrected chi connectivity index (χ1v) is 6.60. The molecule has 1 heterocycles. The maximum atomic E-state index is 11.1. The SMILES string of the molecule is NCCc1ccc(Sc2nccc(=O)[nH]2)c(Cl)c1. The number of rotatable bonds is 4. The van der Waals surface area contributed by atoms with Crippen LogP contribution in [0.3, 0.4) is 0 Å². The standard InChI is InChI=1S/C12H12ClN3OS/c13-9-7-8(3-5-14)1-2-10(9)18-12-15-6-4-11(17)16-12/h1-2,4,6-7H,3,5,14H2,(H,15,16,17). The Morgan fingerprint density at radius 2 is 2.22 bits per heavy atom. The van der Waals surface area contributed by atoms with Gasteiger partial charge in [-0.15, -0.1) is 0 Å². The highest BCUT2D eigenvalue weighted by atomic mass is 35.5. The monoisotopic (exact) mass is 281 g/mol. The summed E-state index contributed by atoms with van der Waals surface area (Å²) in [5, 5.41) is 1.16. The number of hydrogen-bond acceptors (Lipinski definition) is 4. The van der Waals surface area contributed by atoms with Crippen molar-refractivity contribution in [2.75, 3.05) is 6.54 Å². The first kappa shape index (κ1) is 13.1. The molecule has 18 heavy (non-hydrogen) atoms. The van der Waals surface area contributed by atoms with Gasteiger partial charge in [-0.2, -0.15) is 0 Å². The lowest BCUT2D eigenvalue weighted by molar-refractivity contribution is 0.936. The molecule has 0 aliphatic carbocycles. The summed E-state index contributed by atoms with van der Waals surface area (Å²) in [6, 6.07) is 7.14. The molecule has 0 radical (unpaired) electrons. The molecule has 0 fully saturated rings. The van der Waals surface area contributed by atoms with Gasteiger partial charge in [0.1, 0.15) is 0 Å². The molecule has 0 spiro atoms. The molecule has 94 valence electrons. The number of nitrogens with two attached hydrogens (primary N) is 1. The number of hydrogen-bond donors (Lipinski definition) is 2. The predicted octanol–water partition coefficient (Wildman–Crippen LogP) is 2.08. The van der Waals surface area contributed by atoms with E-state index in [4.69, 9.17) is 17.3 Å². The van der Waals surface area contributed by atoms with E-state index in [-0.39, 0.29) is 5.56 Å². The number of benzene rings is 1. The molecule has 0 bridgehead atoms. The van der Waals surface area contributed by atoms with E-state index in [0.29, 0.717) is 16.7 Å². The van der Waals surface area contributed by atoms with Gasteiger partial charge in [0.05, 0.1) is 5.02 Å². The highest BCUT2D eigenvalue weighted by molar-refractivity contribution is 7.99. The Morgan fingerprint density at radius 1 is 1.39 bits per heavy atom. The lowest BCUT2D eigenvalue weighted by atomic mass is 10.1. The van der Waals surface area contributed by atoms with Gasteiger partial charge >= 0.3 is 0 Å². The zero-order chi connectivity index (χ0) is 13.0. The van der Waals surface area contributed by atoms with E-state index in [0.717, 1.165) is 16.9 Å². The fraction of sp³-hybridized carbons (Fsp3) is 0.167. The topological polar surface area (TPSA) is 71.8 Å². The Kier molecular flexibility index (Phi) is 4.41. The molecule has 0 atom stereocenters. The molecule has 0 unspecified atom stereocenters. The Bertz CT molecular complexity index is 600. The number of nitrogens with one attached hydrogen (secondary N) is 1. The van der Waals surface area contributed by atoms with Gasteiger partial charge in [-0.25, -0.2) is 4.98 Å². The minimum atomic E-state index is -0.177. The van der Waals surface area contributed by atoms with Gasteiger partial charge in [-0.05, 0) is 30.7 Å². The molecular formula is C12H12ClN3OS. The van der Waals surface area contributed by atoms with Crippen molar-refractivity contribution in [2.45, 2.75) is 16.5 Å². The van der Waals surface area contributed by atoms with E-state index < -0.39 is 0 Å².